The van der Waals surface area contributed by atoms with E-state index in [1.165, 1.54) is 6.08 Å². The van der Waals surface area contributed by atoms with Gasteiger partial charge in [0.25, 0.3) is 5.91 Å². The second kappa shape index (κ2) is 4.31. The lowest BCUT2D eigenvalue weighted by molar-refractivity contribution is -0.116. The number of carbonyl (C=O) groups is 1. The van der Waals surface area contributed by atoms with Crippen LogP contribution in [-0.2, 0) is 4.79 Å². The van der Waals surface area contributed by atoms with E-state index in [0.29, 0.717) is 0 Å². The molecule has 0 spiro atoms. The fourth-order valence-electron chi connectivity index (χ4n) is 0.784. The third kappa shape index (κ3) is 2.56. The van der Waals surface area contributed by atoms with Crippen molar-refractivity contribution in [1.29, 1.82) is 0 Å². The van der Waals surface area contributed by atoms with Crippen molar-refractivity contribution in [3.63, 3.8) is 0 Å². The third-order valence-corrected chi connectivity index (χ3v) is 1.37. The van der Waals surface area contributed by atoms with Gasteiger partial charge in [0, 0.05) is 6.08 Å². The Hall–Kier alpha value is -1.61. The van der Waals surface area contributed by atoms with Crippen molar-refractivity contribution in [1.82, 2.24) is 5.43 Å². The molecule has 12 heavy (non-hydrogen) atoms. The average Bonchev–Trinajstić information content (AvgIpc) is 2.16. The number of hydrogen-bond donors (Lipinski definition) is 2. The molecule has 0 unspecified atom stereocenters. The van der Waals surface area contributed by atoms with Gasteiger partial charge in [-0.2, -0.15) is 0 Å². The Balaban J connectivity index is 2.64. The van der Waals surface area contributed by atoms with E-state index >= 15 is 0 Å². The van der Waals surface area contributed by atoms with Crippen LogP contribution in [0.4, 0.5) is 0 Å². The standard InChI is InChI=1S/C9H10N2O/c10-11-9(12)7-6-8-4-2-1-3-5-8/h1-7H,10H2,(H,11,12). The molecule has 0 aliphatic heterocycles. The molecule has 0 fully saturated rings. The summed E-state index contributed by atoms with van der Waals surface area (Å²) in [6.45, 7) is 0. The maximum atomic E-state index is 10.7. The van der Waals surface area contributed by atoms with Crippen LogP contribution in [0, 0.1) is 0 Å². The zero-order valence-electron chi connectivity index (χ0n) is 6.53. The molecular formula is C9H10N2O. The first-order valence-electron chi connectivity index (χ1n) is 3.56. The van der Waals surface area contributed by atoms with Gasteiger partial charge in [-0.1, -0.05) is 30.3 Å². The van der Waals surface area contributed by atoms with Crippen LogP contribution in [-0.4, -0.2) is 5.91 Å². The predicted octanol–water partition coefficient (Wildman–Crippen LogP) is 0.690. The summed E-state index contributed by atoms with van der Waals surface area (Å²) in [5.74, 6) is 4.58. The van der Waals surface area contributed by atoms with Gasteiger partial charge in [-0.3, -0.25) is 10.2 Å². The fraction of sp³-hybridized carbons (Fsp3) is 0. The monoisotopic (exact) mass is 162 g/mol. The number of amides is 1. The minimum atomic E-state index is -0.307. The first kappa shape index (κ1) is 8.49. The van der Waals surface area contributed by atoms with Gasteiger partial charge in [0.1, 0.15) is 0 Å². The van der Waals surface area contributed by atoms with Crippen LogP contribution in [0.5, 0.6) is 0 Å². The second-order valence-corrected chi connectivity index (χ2v) is 2.25. The van der Waals surface area contributed by atoms with Crippen LogP contribution in [0.25, 0.3) is 6.08 Å². The number of hydrazine groups is 1. The van der Waals surface area contributed by atoms with Gasteiger partial charge >= 0.3 is 0 Å². The molecule has 0 saturated heterocycles. The SMILES string of the molecule is NNC(=O)C=Cc1ccccc1. The molecule has 0 atom stereocenters. The fourth-order valence-corrected chi connectivity index (χ4v) is 0.784. The van der Waals surface area contributed by atoms with Crippen molar-refractivity contribution < 1.29 is 4.79 Å². The molecule has 0 radical (unpaired) electrons. The summed E-state index contributed by atoms with van der Waals surface area (Å²) in [6, 6.07) is 9.53. The molecule has 0 heterocycles. The molecule has 0 bridgehead atoms. The smallest absolute Gasteiger partial charge is 0.257 e. The molecule has 3 heteroatoms. The number of benzene rings is 1. The zero-order valence-corrected chi connectivity index (χ0v) is 6.53. The second-order valence-electron chi connectivity index (χ2n) is 2.25. The van der Waals surface area contributed by atoms with Gasteiger partial charge in [-0.15, -0.1) is 0 Å². The van der Waals surface area contributed by atoms with Crippen molar-refractivity contribution in [2.24, 2.45) is 5.84 Å². The van der Waals surface area contributed by atoms with E-state index < -0.39 is 0 Å². The van der Waals surface area contributed by atoms with Crippen LogP contribution < -0.4 is 11.3 Å². The Kier molecular flexibility index (Phi) is 3.04. The maximum absolute atomic E-state index is 10.7. The highest BCUT2D eigenvalue weighted by Crippen LogP contribution is 1.99. The molecule has 0 saturated carbocycles. The zero-order chi connectivity index (χ0) is 8.81. The van der Waals surface area contributed by atoms with E-state index in [0.717, 1.165) is 5.56 Å². The Bertz CT molecular complexity index is 280. The van der Waals surface area contributed by atoms with E-state index in [1.807, 2.05) is 35.8 Å². The van der Waals surface area contributed by atoms with Crippen molar-refractivity contribution in [3.8, 4) is 0 Å². The minimum absolute atomic E-state index is 0.307. The van der Waals surface area contributed by atoms with E-state index in [1.54, 1.807) is 6.08 Å². The van der Waals surface area contributed by atoms with Gasteiger partial charge < -0.3 is 0 Å². The minimum Gasteiger partial charge on any atom is -0.291 e. The third-order valence-electron chi connectivity index (χ3n) is 1.37. The summed E-state index contributed by atoms with van der Waals surface area (Å²) >= 11 is 0. The Morgan fingerprint density at radius 1 is 1.33 bits per heavy atom. The lowest BCUT2D eigenvalue weighted by Gasteiger charge is -1.91. The number of rotatable bonds is 2. The largest absolute Gasteiger partial charge is 0.291 e. The first-order chi connectivity index (χ1) is 5.83. The molecule has 1 aromatic rings. The summed E-state index contributed by atoms with van der Waals surface area (Å²) in [4.78, 5) is 10.7. The molecule has 1 aromatic carbocycles. The van der Waals surface area contributed by atoms with Gasteiger partial charge in [0.05, 0.1) is 0 Å². The van der Waals surface area contributed by atoms with E-state index in [2.05, 4.69) is 0 Å². The van der Waals surface area contributed by atoms with Gasteiger partial charge in [-0.25, -0.2) is 5.84 Å². The normalized spacial score (nSPS) is 10.1. The molecule has 3 nitrogen and oxygen atoms in total. The van der Waals surface area contributed by atoms with Gasteiger partial charge in [0.2, 0.25) is 0 Å². The molecule has 0 aliphatic rings. The van der Waals surface area contributed by atoms with Crippen molar-refractivity contribution in [2.45, 2.75) is 0 Å². The van der Waals surface area contributed by atoms with E-state index in [4.69, 9.17) is 5.84 Å². The lowest BCUT2D eigenvalue weighted by atomic mass is 10.2. The molecule has 1 rings (SSSR count). The quantitative estimate of drug-likeness (QED) is 0.291. The number of hydrogen-bond acceptors (Lipinski definition) is 2. The first-order valence-corrected chi connectivity index (χ1v) is 3.56. The Morgan fingerprint density at radius 2 is 2.00 bits per heavy atom. The van der Waals surface area contributed by atoms with Crippen LogP contribution in [0.2, 0.25) is 0 Å². The molecule has 1 amide bonds. The van der Waals surface area contributed by atoms with Crippen LogP contribution in [0.15, 0.2) is 36.4 Å². The van der Waals surface area contributed by atoms with E-state index in [9.17, 15) is 4.79 Å². The highest BCUT2D eigenvalue weighted by atomic mass is 16.2. The predicted molar refractivity (Wildman–Crippen MR) is 47.8 cm³/mol. The molecule has 3 N–H and O–H groups in total. The lowest BCUT2D eigenvalue weighted by Crippen LogP contribution is -2.27. The highest BCUT2D eigenvalue weighted by molar-refractivity contribution is 5.91. The van der Waals surface area contributed by atoms with Crippen LogP contribution in [0.3, 0.4) is 0 Å². The summed E-state index contributed by atoms with van der Waals surface area (Å²) in [5, 5.41) is 0. The van der Waals surface area contributed by atoms with Crippen LogP contribution in [0.1, 0.15) is 5.56 Å². The molecule has 62 valence electrons. The van der Waals surface area contributed by atoms with Gasteiger partial charge in [0.15, 0.2) is 0 Å². The molecular weight excluding hydrogens is 152 g/mol. The molecule has 0 aromatic heterocycles. The topological polar surface area (TPSA) is 55.1 Å². The Morgan fingerprint density at radius 3 is 2.58 bits per heavy atom. The number of carbonyl (C=O) groups excluding carboxylic acids is 1. The summed E-state index contributed by atoms with van der Waals surface area (Å²) in [7, 11) is 0. The van der Waals surface area contributed by atoms with Crippen LogP contribution >= 0.6 is 0 Å². The Labute approximate surface area is 70.9 Å². The van der Waals surface area contributed by atoms with E-state index in [-0.39, 0.29) is 5.91 Å². The van der Waals surface area contributed by atoms with Gasteiger partial charge in [-0.05, 0) is 11.6 Å². The number of nitrogens with two attached hydrogens (primary N) is 1. The van der Waals surface area contributed by atoms with Crippen molar-refractivity contribution >= 4 is 12.0 Å². The summed E-state index contributed by atoms with van der Waals surface area (Å²) in [6.07, 6.45) is 3.08. The summed E-state index contributed by atoms with van der Waals surface area (Å²) in [5.41, 5.74) is 2.98. The maximum Gasteiger partial charge on any atom is 0.257 e. The van der Waals surface area contributed by atoms with Crippen molar-refractivity contribution in [2.75, 3.05) is 0 Å². The highest BCUT2D eigenvalue weighted by Gasteiger charge is 1.88. The van der Waals surface area contributed by atoms with Crippen molar-refractivity contribution in [3.05, 3.63) is 42.0 Å². The average molecular weight is 162 g/mol. The summed E-state index contributed by atoms with van der Waals surface area (Å²) < 4.78 is 0. The molecule has 0 aliphatic carbocycles. The number of nitrogens with one attached hydrogen (secondary N) is 1.